The van der Waals surface area contributed by atoms with E-state index in [4.69, 9.17) is 0 Å². The van der Waals surface area contributed by atoms with Crippen LogP contribution in [0.5, 0.6) is 0 Å². The first kappa shape index (κ1) is 21.8. The molecule has 2 fully saturated rings. The van der Waals surface area contributed by atoms with Crippen molar-refractivity contribution in [3.8, 4) is 0 Å². The second-order valence-electron chi connectivity index (χ2n) is 6.38. The molecule has 5 nitrogen and oxygen atoms in total. The van der Waals surface area contributed by atoms with Crippen LogP contribution in [0.15, 0.2) is 4.99 Å². The molecular weight excluding hydrogens is 434 g/mol. The summed E-state index contributed by atoms with van der Waals surface area (Å²) < 4.78 is 37.2. The van der Waals surface area contributed by atoms with Gasteiger partial charge < -0.3 is 15.5 Å². The lowest BCUT2D eigenvalue weighted by Crippen LogP contribution is -2.47. The maximum atomic E-state index is 12.4. The molecule has 2 N–H and O–H groups in total. The van der Waals surface area contributed by atoms with Crippen LogP contribution in [0.4, 0.5) is 13.2 Å². The van der Waals surface area contributed by atoms with E-state index in [1.165, 1.54) is 24.2 Å². The Morgan fingerprint density at radius 3 is 2.46 bits per heavy atom. The summed E-state index contributed by atoms with van der Waals surface area (Å²) in [5, 5.41) is 6.49. The first-order valence-electron chi connectivity index (χ1n) is 8.45. The number of guanidine groups is 1. The highest BCUT2D eigenvalue weighted by molar-refractivity contribution is 14.0. The summed E-state index contributed by atoms with van der Waals surface area (Å²) in [6, 6.07) is 0.0264. The van der Waals surface area contributed by atoms with Crippen molar-refractivity contribution in [2.45, 2.75) is 37.9 Å². The van der Waals surface area contributed by atoms with Gasteiger partial charge in [-0.1, -0.05) is 6.42 Å². The summed E-state index contributed by atoms with van der Waals surface area (Å²) in [6.45, 7) is 4.15. The minimum atomic E-state index is -4.12. The van der Waals surface area contributed by atoms with Gasteiger partial charge in [-0.3, -0.25) is 9.89 Å². The van der Waals surface area contributed by atoms with Crippen LogP contribution in [-0.4, -0.2) is 80.8 Å². The molecule has 24 heavy (non-hydrogen) atoms. The minimum absolute atomic E-state index is 0. The minimum Gasteiger partial charge on any atom is -0.355 e. The van der Waals surface area contributed by atoms with E-state index in [0.717, 1.165) is 26.2 Å². The number of halogens is 4. The number of hydrogen-bond donors (Lipinski definition) is 2. The Balaban J connectivity index is 0.00000288. The van der Waals surface area contributed by atoms with Crippen LogP contribution in [0.3, 0.4) is 0 Å². The SMILES string of the molecule is CN=C(NCCN1CCCCC1)NC1CCN(CC(F)(F)F)C1.I. The second kappa shape index (κ2) is 10.6. The van der Waals surface area contributed by atoms with Gasteiger partial charge in [-0.15, -0.1) is 24.0 Å². The highest BCUT2D eigenvalue weighted by Gasteiger charge is 2.34. The average Bonchev–Trinajstić information content (AvgIpc) is 2.92. The molecule has 0 aromatic heterocycles. The molecule has 0 amide bonds. The largest absolute Gasteiger partial charge is 0.401 e. The number of nitrogens with zero attached hydrogens (tertiary/aromatic N) is 3. The highest BCUT2D eigenvalue weighted by Crippen LogP contribution is 2.19. The topological polar surface area (TPSA) is 42.9 Å². The molecular formula is C15H29F3IN5. The van der Waals surface area contributed by atoms with Gasteiger partial charge in [0.2, 0.25) is 0 Å². The van der Waals surface area contributed by atoms with Gasteiger partial charge in [0.1, 0.15) is 0 Å². The predicted octanol–water partition coefficient (Wildman–Crippen LogP) is 1.89. The van der Waals surface area contributed by atoms with Crippen molar-refractivity contribution < 1.29 is 13.2 Å². The Labute approximate surface area is 159 Å². The van der Waals surface area contributed by atoms with Crippen molar-refractivity contribution in [1.29, 1.82) is 0 Å². The molecule has 0 bridgehead atoms. The molecule has 1 unspecified atom stereocenters. The summed E-state index contributed by atoms with van der Waals surface area (Å²) >= 11 is 0. The smallest absolute Gasteiger partial charge is 0.355 e. The lowest BCUT2D eigenvalue weighted by molar-refractivity contribution is -0.143. The monoisotopic (exact) mass is 463 g/mol. The number of alkyl halides is 3. The summed E-state index contributed by atoms with van der Waals surface area (Å²) in [6.07, 6.45) is 0.448. The number of rotatable bonds is 5. The normalized spacial score (nSPS) is 23.8. The van der Waals surface area contributed by atoms with Crippen molar-refractivity contribution in [3.05, 3.63) is 0 Å². The molecule has 2 saturated heterocycles. The molecule has 2 aliphatic heterocycles. The number of piperidine rings is 1. The maximum absolute atomic E-state index is 12.4. The van der Waals surface area contributed by atoms with Gasteiger partial charge in [0, 0.05) is 39.3 Å². The Morgan fingerprint density at radius 1 is 1.12 bits per heavy atom. The van der Waals surface area contributed by atoms with E-state index in [2.05, 4.69) is 20.5 Å². The third kappa shape index (κ3) is 8.19. The summed E-state index contributed by atoms with van der Waals surface area (Å²) in [5.41, 5.74) is 0. The molecule has 1 atom stereocenters. The lowest BCUT2D eigenvalue weighted by atomic mass is 10.1. The van der Waals surface area contributed by atoms with Gasteiger partial charge in [-0.25, -0.2) is 0 Å². The van der Waals surface area contributed by atoms with Crippen molar-refractivity contribution >= 4 is 29.9 Å². The lowest BCUT2D eigenvalue weighted by Gasteiger charge is -2.27. The molecule has 2 aliphatic rings. The predicted molar refractivity (Wildman–Crippen MR) is 101 cm³/mol. The van der Waals surface area contributed by atoms with Gasteiger partial charge in [-0.05, 0) is 32.4 Å². The fraction of sp³-hybridized carbons (Fsp3) is 0.933. The van der Waals surface area contributed by atoms with E-state index < -0.39 is 12.7 Å². The first-order chi connectivity index (χ1) is 11.0. The Morgan fingerprint density at radius 2 is 1.83 bits per heavy atom. The summed E-state index contributed by atoms with van der Waals surface area (Å²) in [7, 11) is 1.69. The van der Waals surface area contributed by atoms with Crippen LogP contribution in [0, 0.1) is 0 Å². The number of likely N-dealkylation sites (tertiary alicyclic amines) is 2. The van der Waals surface area contributed by atoms with Crippen molar-refractivity contribution in [1.82, 2.24) is 20.4 Å². The zero-order valence-electron chi connectivity index (χ0n) is 14.2. The highest BCUT2D eigenvalue weighted by atomic mass is 127. The third-order valence-corrected chi connectivity index (χ3v) is 4.41. The molecule has 142 valence electrons. The Kier molecular flexibility index (Phi) is 9.65. The Bertz CT molecular complexity index is 386. The second-order valence-corrected chi connectivity index (χ2v) is 6.38. The van der Waals surface area contributed by atoms with Crippen LogP contribution >= 0.6 is 24.0 Å². The van der Waals surface area contributed by atoms with Crippen LogP contribution in [0.25, 0.3) is 0 Å². The van der Waals surface area contributed by atoms with E-state index in [0.29, 0.717) is 25.5 Å². The summed E-state index contributed by atoms with van der Waals surface area (Å²) in [5.74, 6) is 0.681. The number of aliphatic imine (C=N–C) groups is 1. The zero-order chi connectivity index (χ0) is 16.7. The van der Waals surface area contributed by atoms with Crippen molar-refractivity contribution in [2.75, 3.05) is 52.9 Å². The molecule has 0 aromatic carbocycles. The number of nitrogens with one attached hydrogen (secondary N) is 2. The summed E-state index contributed by atoms with van der Waals surface area (Å²) in [4.78, 5) is 8.05. The molecule has 0 aliphatic carbocycles. The molecule has 2 rings (SSSR count). The standard InChI is InChI=1S/C15H28F3N5.HI/c1-19-14(20-6-10-22-7-3-2-4-8-22)21-13-5-9-23(11-13)12-15(16,17)18;/h13H,2-12H2,1H3,(H2,19,20,21);1H. The number of hydrogen-bond acceptors (Lipinski definition) is 3. The van der Waals surface area contributed by atoms with Crippen LogP contribution in [-0.2, 0) is 0 Å². The van der Waals surface area contributed by atoms with Gasteiger partial charge in [-0.2, -0.15) is 13.2 Å². The molecule has 0 aromatic rings. The molecule has 0 saturated carbocycles. The van der Waals surface area contributed by atoms with E-state index in [-0.39, 0.29) is 30.0 Å². The van der Waals surface area contributed by atoms with E-state index in [1.807, 2.05) is 0 Å². The third-order valence-electron chi connectivity index (χ3n) is 4.41. The van der Waals surface area contributed by atoms with Gasteiger partial charge in [0.05, 0.1) is 6.54 Å². The van der Waals surface area contributed by atoms with Crippen molar-refractivity contribution in [3.63, 3.8) is 0 Å². The quantitative estimate of drug-likeness (QED) is 0.372. The van der Waals surface area contributed by atoms with Crippen LogP contribution in [0.1, 0.15) is 25.7 Å². The van der Waals surface area contributed by atoms with Gasteiger partial charge >= 0.3 is 6.18 Å². The van der Waals surface area contributed by atoms with Crippen molar-refractivity contribution in [2.24, 2.45) is 4.99 Å². The fourth-order valence-electron chi connectivity index (χ4n) is 3.25. The van der Waals surface area contributed by atoms with Crippen LogP contribution < -0.4 is 10.6 Å². The first-order valence-corrected chi connectivity index (χ1v) is 8.45. The average molecular weight is 463 g/mol. The fourth-order valence-corrected chi connectivity index (χ4v) is 3.25. The van der Waals surface area contributed by atoms with E-state index in [9.17, 15) is 13.2 Å². The van der Waals surface area contributed by atoms with Gasteiger partial charge in [0.15, 0.2) is 5.96 Å². The molecule has 2 heterocycles. The molecule has 0 spiro atoms. The molecule has 9 heteroatoms. The van der Waals surface area contributed by atoms with E-state index >= 15 is 0 Å². The molecule has 0 radical (unpaired) electrons. The zero-order valence-corrected chi connectivity index (χ0v) is 16.6. The van der Waals surface area contributed by atoms with E-state index in [1.54, 1.807) is 7.05 Å². The van der Waals surface area contributed by atoms with Crippen LogP contribution in [0.2, 0.25) is 0 Å². The maximum Gasteiger partial charge on any atom is 0.401 e. The Hall–Kier alpha value is -0.290. The van der Waals surface area contributed by atoms with Gasteiger partial charge in [0.25, 0.3) is 0 Å².